The van der Waals surface area contributed by atoms with Crippen molar-refractivity contribution >= 4 is 17.4 Å². The Kier molecular flexibility index (Phi) is 6.72. The Morgan fingerprint density at radius 2 is 1.15 bits per heavy atom. The number of benzene rings is 2. The number of rotatable bonds is 2. The molecule has 2 aromatic carbocycles. The molecule has 2 aromatic rings. The average Bonchev–Trinajstić information content (AvgIpc) is 2.90. The molecule has 27 heavy (non-hydrogen) atoms. The minimum atomic E-state index is -6.09. The lowest BCUT2D eigenvalue weighted by molar-refractivity contribution is -0.0517. The minimum Gasteiger partial charge on any atom is -0.741 e. The van der Waals surface area contributed by atoms with Gasteiger partial charge in [0.2, 0.25) is 0 Å². The Labute approximate surface area is 158 Å². The van der Waals surface area contributed by atoms with E-state index in [4.69, 9.17) is 13.0 Å². The lowest BCUT2D eigenvalue weighted by Crippen LogP contribution is -2.21. The first-order valence-electron chi connectivity index (χ1n) is 8.40. The summed E-state index contributed by atoms with van der Waals surface area (Å²) in [6.45, 7) is 5.10. The van der Waals surface area contributed by atoms with E-state index in [1.807, 2.05) is 0 Å². The molecule has 0 bridgehead atoms. The van der Waals surface area contributed by atoms with E-state index >= 15 is 0 Å². The SMILES string of the molecule is C[P+]1(C)[C@H](c2ccccc2)CC[C@H]1c1ccccc1.O=S(=O)([O-])C(F)(F)F. The fourth-order valence-electron chi connectivity index (χ4n) is 3.65. The normalized spacial score (nSPS) is 22.0. The maximum atomic E-state index is 10.7. The van der Waals surface area contributed by atoms with E-state index in [0.717, 1.165) is 11.3 Å². The predicted octanol–water partition coefficient (Wildman–Crippen LogP) is 5.59. The molecule has 0 N–H and O–H groups in total. The molecule has 8 heteroatoms. The highest BCUT2D eigenvalue weighted by Gasteiger charge is 2.50. The minimum absolute atomic E-state index is 0.791. The summed E-state index contributed by atoms with van der Waals surface area (Å²) in [5.74, 6) is 0. The molecule has 0 aromatic heterocycles. The van der Waals surface area contributed by atoms with Crippen LogP contribution in [0.3, 0.4) is 0 Å². The van der Waals surface area contributed by atoms with E-state index in [-0.39, 0.29) is 0 Å². The van der Waals surface area contributed by atoms with Gasteiger partial charge in [0.25, 0.3) is 0 Å². The summed E-state index contributed by atoms with van der Waals surface area (Å²) < 4.78 is 58.9. The van der Waals surface area contributed by atoms with E-state index < -0.39 is 22.9 Å². The van der Waals surface area contributed by atoms with Crippen molar-refractivity contribution in [1.82, 2.24) is 0 Å². The topological polar surface area (TPSA) is 57.2 Å². The van der Waals surface area contributed by atoms with Gasteiger partial charge in [-0.25, -0.2) is 8.42 Å². The highest BCUT2D eigenvalue weighted by Crippen LogP contribution is 2.80. The van der Waals surface area contributed by atoms with Gasteiger partial charge < -0.3 is 4.55 Å². The highest BCUT2D eigenvalue weighted by molar-refractivity contribution is 7.86. The third kappa shape index (κ3) is 5.31. The molecule has 1 aliphatic heterocycles. The molecular weight excluding hydrogens is 396 g/mol. The molecule has 1 fully saturated rings. The molecule has 3 nitrogen and oxygen atoms in total. The molecule has 2 atom stereocenters. The number of alkyl halides is 3. The average molecular weight is 418 g/mol. The van der Waals surface area contributed by atoms with E-state index in [2.05, 4.69) is 74.0 Å². The fraction of sp³-hybridized carbons (Fsp3) is 0.368. The summed E-state index contributed by atoms with van der Waals surface area (Å²) in [4.78, 5) is 0. The fourth-order valence-corrected chi connectivity index (χ4v) is 7.60. The first-order chi connectivity index (χ1) is 12.4. The van der Waals surface area contributed by atoms with Gasteiger partial charge in [0.1, 0.15) is 0 Å². The Bertz CT molecular complexity index is 788. The number of hydrogen-bond acceptors (Lipinski definition) is 3. The zero-order chi connectivity index (χ0) is 20.3. The molecule has 0 unspecified atom stereocenters. The van der Waals surface area contributed by atoms with E-state index in [1.54, 1.807) is 11.1 Å². The van der Waals surface area contributed by atoms with Crippen molar-refractivity contribution in [2.45, 2.75) is 29.7 Å². The molecular formula is C19H22F3O3PS. The van der Waals surface area contributed by atoms with Crippen molar-refractivity contribution < 1.29 is 26.1 Å². The summed E-state index contributed by atoms with van der Waals surface area (Å²) in [6.07, 6.45) is 2.70. The molecule has 3 rings (SSSR count). The molecule has 1 heterocycles. The van der Waals surface area contributed by atoms with Gasteiger partial charge in [-0.05, 0) is 24.0 Å². The smallest absolute Gasteiger partial charge is 0.485 e. The molecule has 0 spiro atoms. The van der Waals surface area contributed by atoms with Crippen molar-refractivity contribution in [2.75, 3.05) is 13.3 Å². The second kappa shape index (κ2) is 8.29. The van der Waals surface area contributed by atoms with Gasteiger partial charge >= 0.3 is 5.51 Å². The van der Waals surface area contributed by atoms with Crippen LogP contribution in [0.5, 0.6) is 0 Å². The lowest BCUT2D eigenvalue weighted by atomic mass is 10.0. The van der Waals surface area contributed by atoms with E-state index in [1.165, 1.54) is 12.8 Å². The van der Waals surface area contributed by atoms with Crippen LogP contribution in [-0.2, 0) is 10.1 Å². The van der Waals surface area contributed by atoms with Crippen molar-refractivity contribution in [1.29, 1.82) is 0 Å². The summed E-state index contributed by atoms with van der Waals surface area (Å²) >= 11 is 0. The first kappa shape index (κ1) is 21.9. The van der Waals surface area contributed by atoms with Crippen LogP contribution >= 0.6 is 7.26 Å². The van der Waals surface area contributed by atoms with E-state index in [0.29, 0.717) is 0 Å². The largest absolute Gasteiger partial charge is 0.741 e. The Morgan fingerprint density at radius 3 is 1.41 bits per heavy atom. The second-order valence-electron chi connectivity index (χ2n) is 6.96. The van der Waals surface area contributed by atoms with Crippen molar-refractivity contribution in [2.24, 2.45) is 0 Å². The molecule has 0 saturated carbocycles. The van der Waals surface area contributed by atoms with Crippen LogP contribution in [0, 0.1) is 0 Å². The van der Waals surface area contributed by atoms with Crippen molar-refractivity contribution in [3.63, 3.8) is 0 Å². The lowest BCUT2D eigenvalue weighted by Gasteiger charge is -2.27. The maximum Gasteiger partial charge on any atom is 0.485 e. The van der Waals surface area contributed by atoms with Crippen LogP contribution in [0.15, 0.2) is 60.7 Å². The Hall–Kier alpha value is -1.43. The Balaban J connectivity index is 0.000000279. The zero-order valence-electron chi connectivity index (χ0n) is 15.1. The van der Waals surface area contributed by atoms with Gasteiger partial charge in [0.05, 0.1) is 11.3 Å². The Morgan fingerprint density at radius 1 is 0.852 bits per heavy atom. The number of hydrogen-bond donors (Lipinski definition) is 0. The van der Waals surface area contributed by atoms with Crippen LogP contribution < -0.4 is 0 Å². The van der Waals surface area contributed by atoms with Gasteiger partial charge in [-0.1, -0.05) is 60.7 Å². The first-order valence-corrected chi connectivity index (χ1v) is 12.6. The molecule has 0 amide bonds. The van der Waals surface area contributed by atoms with Gasteiger partial charge in [-0.2, -0.15) is 13.2 Å². The molecule has 1 saturated heterocycles. The van der Waals surface area contributed by atoms with Crippen LogP contribution in [0.1, 0.15) is 35.3 Å². The third-order valence-electron chi connectivity index (χ3n) is 4.97. The maximum absolute atomic E-state index is 10.7. The van der Waals surface area contributed by atoms with Crippen LogP contribution in [0.4, 0.5) is 13.2 Å². The summed E-state index contributed by atoms with van der Waals surface area (Å²) in [7, 11) is -7.05. The zero-order valence-corrected chi connectivity index (χ0v) is 16.8. The van der Waals surface area contributed by atoms with Crippen LogP contribution in [0.2, 0.25) is 0 Å². The van der Waals surface area contributed by atoms with Gasteiger partial charge in [-0.15, -0.1) is 0 Å². The van der Waals surface area contributed by atoms with Gasteiger partial charge in [0, 0.05) is 20.6 Å². The molecule has 0 aliphatic carbocycles. The molecule has 1 aliphatic rings. The third-order valence-corrected chi connectivity index (χ3v) is 9.87. The second-order valence-corrected chi connectivity index (χ2v) is 12.8. The van der Waals surface area contributed by atoms with Gasteiger partial charge in [-0.3, -0.25) is 0 Å². The quantitative estimate of drug-likeness (QED) is 0.363. The summed E-state index contributed by atoms with van der Waals surface area (Å²) in [5.41, 5.74) is -0.955. The van der Waals surface area contributed by atoms with Gasteiger partial charge in [0.15, 0.2) is 10.1 Å². The highest BCUT2D eigenvalue weighted by atomic mass is 32.2. The van der Waals surface area contributed by atoms with E-state index in [9.17, 15) is 13.2 Å². The summed E-state index contributed by atoms with van der Waals surface area (Å²) in [6, 6.07) is 22.3. The predicted molar refractivity (Wildman–Crippen MR) is 102 cm³/mol. The standard InChI is InChI=1S/C18H22P.CHF3O3S/c1-19(2)17(15-9-5-3-6-10-15)13-14-18(19)16-11-7-4-8-12-16;2-1(3,4)8(5,6)7/h3-12,17-18H,13-14H2,1-2H3;(H,5,6,7)/q+1;/p-1/t17-,18-;/m0./s1. The van der Waals surface area contributed by atoms with Crippen molar-refractivity contribution in [3.8, 4) is 0 Å². The summed E-state index contributed by atoms with van der Waals surface area (Å²) in [5, 5.41) is 0. The molecule has 0 radical (unpaired) electrons. The van der Waals surface area contributed by atoms with Crippen molar-refractivity contribution in [3.05, 3.63) is 71.8 Å². The monoisotopic (exact) mass is 418 g/mol. The number of halogens is 3. The molecule has 148 valence electrons. The van der Waals surface area contributed by atoms with Crippen LogP contribution in [-0.4, -0.2) is 31.8 Å². The van der Waals surface area contributed by atoms with Crippen LogP contribution in [0.25, 0.3) is 0 Å².